The molecule has 1 aromatic carbocycles. The van der Waals surface area contributed by atoms with Gasteiger partial charge >= 0.3 is 0 Å². The van der Waals surface area contributed by atoms with Gasteiger partial charge in [-0.05, 0) is 24.7 Å². The van der Waals surface area contributed by atoms with Gasteiger partial charge in [0.05, 0.1) is 6.54 Å². The molecule has 5 heteroatoms. The van der Waals surface area contributed by atoms with E-state index in [1.165, 1.54) is 0 Å². The summed E-state index contributed by atoms with van der Waals surface area (Å²) >= 11 is 12.4. The molecule has 0 aliphatic carbocycles. The predicted octanol–water partition coefficient (Wildman–Crippen LogP) is 2.61. The average molecular weight is 289 g/mol. The molecule has 0 aromatic heterocycles. The third-order valence-electron chi connectivity index (χ3n) is 2.70. The highest BCUT2D eigenvalue weighted by Gasteiger charge is 2.26. The van der Waals surface area contributed by atoms with Crippen LogP contribution in [0.3, 0.4) is 0 Å². The van der Waals surface area contributed by atoms with Crippen LogP contribution in [0.15, 0.2) is 18.2 Å². The third kappa shape index (κ3) is 3.87. The molecular weight excluding hydrogens is 271 g/mol. The summed E-state index contributed by atoms with van der Waals surface area (Å²) in [6.07, 6.45) is 0. The van der Waals surface area contributed by atoms with E-state index in [-0.39, 0.29) is 11.3 Å². The number of nitrogens with one attached hydrogen (secondary N) is 2. The zero-order valence-corrected chi connectivity index (χ0v) is 12.3. The lowest BCUT2D eigenvalue weighted by molar-refractivity contribution is -0.120. The number of carbonyl (C=O) groups excluding carboxylic acids is 1. The van der Waals surface area contributed by atoms with E-state index in [2.05, 4.69) is 10.6 Å². The number of benzene rings is 1. The number of rotatable bonds is 5. The fourth-order valence-corrected chi connectivity index (χ4v) is 2.68. The number of hydrogen-bond donors (Lipinski definition) is 2. The van der Waals surface area contributed by atoms with Crippen molar-refractivity contribution in [3.8, 4) is 0 Å². The van der Waals surface area contributed by atoms with Gasteiger partial charge in [0.15, 0.2) is 0 Å². The van der Waals surface area contributed by atoms with E-state index in [4.69, 9.17) is 23.2 Å². The smallest absolute Gasteiger partial charge is 0.233 e. The summed E-state index contributed by atoms with van der Waals surface area (Å²) in [4.78, 5) is 11.5. The summed E-state index contributed by atoms with van der Waals surface area (Å²) in [7, 11) is 1.73. The van der Waals surface area contributed by atoms with Crippen molar-refractivity contribution in [2.24, 2.45) is 0 Å². The van der Waals surface area contributed by atoms with Crippen molar-refractivity contribution in [1.29, 1.82) is 0 Å². The molecule has 0 atom stereocenters. The second kappa shape index (κ2) is 6.41. The first-order valence-electron chi connectivity index (χ1n) is 5.74. The van der Waals surface area contributed by atoms with Gasteiger partial charge in [-0.3, -0.25) is 4.79 Å². The second-order valence-corrected chi connectivity index (χ2v) is 5.60. The molecule has 2 N–H and O–H groups in total. The Labute approximate surface area is 118 Å². The van der Waals surface area contributed by atoms with Gasteiger partial charge in [-0.25, -0.2) is 0 Å². The summed E-state index contributed by atoms with van der Waals surface area (Å²) in [6, 6.07) is 5.42. The highest BCUT2D eigenvalue weighted by atomic mass is 35.5. The Morgan fingerprint density at radius 1 is 1.28 bits per heavy atom. The normalized spacial score (nSPS) is 11.4. The molecule has 0 spiro atoms. The number of amides is 1. The Bertz CT molecular complexity index is 413. The average Bonchev–Trinajstić information content (AvgIpc) is 2.26. The minimum atomic E-state index is -0.321. The Kier molecular flexibility index (Phi) is 5.45. The van der Waals surface area contributed by atoms with Crippen LogP contribution < -0.4 is 10.6 Å². The minimum Gasteiger partial charge on any atom is -0.354 e. The van der Waals surface area contributed by atoms with Crippen LogP contribution >= 0.6 is 23.2 Å². The Morgan fingerprint density at radius 2 is 1.83 bits per heavy atom. The van der Waals surface area contributed by atoms with Crippen molar-refractivity contribution >= 4 is 29.1 Å². The summed E-state index contributed by atoms with van der Waals surface area (Å²) in [5.74, 6) is -0.0475. The van der Waals surface area contributed by atoms with Gasteiger partial charge in [-0.15, -0.1) is 0 Å². The molecule has 1 rings (SSSR count). The molecule has 0 saturated heterocycles. The summed E-state index contributed by atoms with van der Waals surface area (Å²) in [5, 5.41) is 6.90. The molecule has 0 bridgehead atoms. The molecule has 1 aromatic rings. The lowest BCUT2D eigenvalue weighted by atomic mass is 9.84. The summed E-state index contributed by atoms with van der Waals surface area (Å²) in [6.45, 7) is 4.78. The van der Waals surface area contributed by atoms with Crippen molar-refractivity contribution < 1.29 is 4.79 Å². The lowest BCUT2D eigenvalue weighted by Crippen LogP contribution is -2.40. The van der Waals surface area contributed by atoms with Crippen LogP contribution in [0, 0.1) is 0 Å². The molecule has 0 saturated carbocycles. The van der Waals surface area contributed by atoms with E-state index in [1.807, 2.05) is 19.9 Å². The van der Waals surface area contributed by atoms with Crippen molar-refractivity contribution in [3.63, 3.8) is 0 Å². The Balaban J connectivity index is 2.83. The lowest BCUT2D eigenvalue weighted by Gasteiger charge is -2.27. The topological polar surface area (TPSA) is 41.1 Å². The van der Waals surface area contributed by atoms with Crippen molar-refractivity contribution in [1.82, 2.24) is 10.6 Å². The Hall–Kier alpha value is -0.770. The predicted molar refractivity (Wildman–Crippen MR) is 76.4 cm³/mol. The van der Waals surface area contributed by atoms with Gasteiger partial charge in [0.2, 0.25) is 5.91 Å². The molecule has 0 radical (unpaired) electrons. The van der Waals surface area contributed by atoms with E-state index < -0.39 is 0 Å². The number of hydrogen-bond acceptors (Lipinski definition) is 2. The molecule has 0 fully saturated rings. The first kappa shape index (κ1) is 15.3. The van der Waals surface area contributed by atoms with Crippen molar-refractivity contribution in [3.05, 3.63) is 33.8 Å². The van der Waals surface area contributed by atoms with Gasteiger partial charge in [0.1, 0.15) is 0 Å². The quantitative estimate of drug-likeness (QED) is 0.875. The molecule has 100 valence electrons. The fraction of sp³-hybridized carbons (Fsp3) is 0.462. The maximum absolute atomic E-state index is 11.5. The maximum atomic E-state index is 11.5. The van der Waals surface area contributed by atoms with Crippen molar-refractivity contribution in [2.75, 3.05) is 20.1 Å². The van der Waals surface area contributed by atoms with Crippen LogP contribution in [0.1, 0.15) is 19.4 Å². The van der Waals surface area contributed by atoms with Gasteiger partial charge < -0.3 is 10.6 Å². The number of halogens is 2. The molecule has 1 amide bonds. The van der Waals surface area contributed by atoms with Crippen LogP contribution in [0.4, 0.5) is 0 Å². The molecule has 3 nitrogen and oxygen atoms in total. The first-order valence-corrected chi connectivity index (χ1v) is 6.50. The highest BCUT2D eigenvalue weighted by molar-refractivity contribution is 6.36. The van der Waals surface area contributed by atoms with E-state index in [9.17, 15) is 4.79 Å². The van der Waals surface area contributed by atoms with Crippen LogP contribution in [0.5, 0.6) is 0 Å². The number of carbonyl (C=O) groups is 1. The van der Waals surface area contributed by atoms with Gasteiger partial charge in [0.25, 0.3) is 0 Å². The van der Waals surface area contributed by atoms with E-state index in [0.717, 1.165) is 5.56 Å². The third-order valence-corrected chi connectivity index (χ3v) is 3.33. The van der Waals surface area contributed by atoms with E-state index >= 15 is 0 Å². The highest BCUT2D eigenvalue weighted by Crippen LogP contribution is 2.35. The van der Waals surface area contributed by atoms with Gasteiger partial charge in [0, 0.05) is 22.0 Å². The molecule has 18 heavy (non-hydrogen) atoms. The van der Waals surface area contributed by atoms with Crippen LogP contribution in [-0.4, -0.2) is 26.0 Å². The monoisotopic (exact) mass is 288 g/mol. The van der Waals surface area contributed by atoms with E-state index in [0.29, 0.717) is 23.1 Å². The molecule has 0 unspecified atom stereocenters. The van der Waals surface area contributed by atoms with Crippen LogP contribution in [0.2, 0.25) is 10.0 Å². The van der Waals surface area contributed by atoms with E-state index in [1.54, 1.807) is 19.2 Å². The summed E-state index contributed by atoms with van der Waals surface area (Å²) in [5.41, 5.74) is 0.539. The first-order chi connectivity index (χ1) is 8.38. The van der Waals surface area contributed by atoms with Crippen molar-refractivity contribution in [2.45, 2.75) is 19.3 Å². The van der Waals surface area contributed by atoms with Crippen LogP contribution in [0.25, 0.3) is 0 Å². The summed E-state index contributed by atoms with van der Waals surface area (Å²) < 4.78 is 0. The molecule has 0 heterocycles. The van der Waals surface area contributed by atoms with Gasteiger partial charge in [-0.2, -0.15) is 0 Å². The largest absolute Gasteiger partial charge is 0.354 e. The zero-order valence-electron chi connectivity index (χ0n) is 10.8. The SMILES string of the molecule is CNCC(=O)NCC(C)(C)c1c(Cl)cccc1Cl. The Morgan fingerprint density at radius 3 is 2.33 bits per heavy atom. The molecule has 0 aliphatic rings. The standard InChI is InChI=1S/C13H18Cl2N2O/c1-13(2,8-17-11(18)7-16-3)12-9(14)5-4-6-10(12)15/h4-6,16H,7-8H2,1-3H3,(H,17,18). The van der Waals surface area contributed by atoms with Crippen LogP contribution in [-0.2, 0) is 10.2 Å². The maximum Gasteiger partial charge on any atom is 0.233 e. The molecular formula is C13H18Cl2N2O. The van der Waals surface area contributed by atoms with Gasteiger partial charge in [-0.1, -0.05) is 43.1 Å². The molecule has 0 aliphatic heterocycles. The second-order valence-electron chi connectivity index (χ2n) is 4.79. The zero-order chi connectivity index (χ0) is 13.8. The number of likely N-dealkylation sites (N-methyl/N-ethyl adjacent to an activating group) is 1. The fourth-order valence-electron chi connectivity index (χ4n) is 1.78. The minimum absolute atomic E-state index is 0.0475.